The van der Waals surface area contributed by atoms with Crippen LogP contribution in [0.4, 0.5) is 5.82 Å². The van der Waals surface area contributed by atoms with Crippen LogP contribution in [0.3, 0.4) is 0 Å². The van der Waals surface area contributed by atoms with Crippen LogP contribution in [0.1, 0.15) is 37.6 Å². The molecule has 0 unspecified atom stereocenters. The van der Waals surface area contributed by atoms with E-state index in [1.54, 1.807) is 18.2 Å². The summed E-state index contributed by atoms with van der Waals surface area (Å²) in [6, 6.07) is 19.1. The van der Waals surface area contributed by atoms with Crippen molar-refractivity contribution in [1.82, 2.24) is 4.98 Å². The van der Waals surface area contributed by atoms with Crippen LogP contribution in [-0.2, 0) is 15.4 Å². The molecule has 0 radical (unpaired) electrons. The summed E-state index contributed by atoms with van der Waals surface area (Å²) < 4.78 is 28.1. The van der Waals surface area contributed by atoms with Gasteiger partial charge in [0.1, 0.15) is 5.82 Å². The van der Waals surface area contributed by atoms with Gasteiger partial charge in [-0.2, -0.15) is 0 Å². The van der Waals surface area contributed by atoms with Crippen LogP contribution in [0.15, 0.2) is 65.6 Å². The highest BCUT2D eigenvalue weighted by Gasteiger charge is 2.18. The fourth-order valence-electron chi connectivity index (χ4n) is 3.09. The number of rotatable bonds is 4. The number of pyridine rings is 1. The molecule has 2 aromatic carbocycles. The van der Waals surface area contributed by atoms with Gasteiger partial charge in [0.25, 0.3) is 10.0 Å². The molecule has 0 amide bonds. The van der Waals surface area contributed by atoms with Gasteiger partial charge in [0, 0.05) is 5.69 Å². The minimum absolute atomic E-state index is 0.0991. The third-order valence-corrected chi connectivity index (χ3v) is 6.19. The zero-order valence-corrected chi connectivity index (χ0v) is 17.8. The van der Waals surface area contributed by atoms with Crippen LogP contribution in [-0.4, -0.2) is 13.4 Å². The van der Waals surface area contributed by atoms with E-state index in [9.17, 15) is 8.42 Å². The summed E-state index contributed by atoms with van der Waals surface area (Å²) in [7, 11) is -3.70. The number of aromatic nitrogens is 1. The molecule has 0 saturated heterocycles. The van der Waals surface area contributed by atoms with Crippen molar-refractivity contribution in [2.24, 2.45) is 0 Å². The number of aryl methyl sites for hydroxylation is 2. The lowest BCUT2D eigenvalue weighted by atomic mass is 9.86. The second kappa shape index (κ2) is 7.40. The molecule has 0 fully saturated rings. The van der Waals surface area contributed by atoms with Crippen molar-refractivity contribution in [1.29, 1.82) is 0 Å². The van der Waals surface area contributed by atoms with Crippen molar-refractivity contribution in [2.75, 3.05) is 4.72 Å². The minimum atomic E-state index is -3.70. The monoisotopic (exact) mass is 394 g/mol. The molecule has 5 heteroatoms. The topological polar surface area (TPSA) is 59.1 Å². The lowest BCUT2D eigenvalue weighted by Gasteiger charge is -2.19. The first kappa shape index (κ1) is 20.1. The third-order valence-electron chi connectivity index (χ3n) is 4.68. The van der Waals surface area contributed by atoms with E-state index in [-0.39, 0.29) is 10.3 Å². The molecule has 0 aliphatic carbocycles. The molecule has 0 bridgehead atoms. The molecular formula is C23H26N2O2S. The summed E-state index contributed by atoms with van der Waals surface area (Å²) in [5, 5.41) is 0. The number of nitrogens with one attached hydrogen (secondary N) is 1. The van der Waals surface area contributed by atoms with E-state index >= 15 is 0 Å². The standard InChI is InChI=1S/C23H26N2O2S/c1-16-15-19(18-9-12-20(13-10-18)23(3,4)5)11-14-21(16)28(26,27)25-22-8-6-7-17(2)24-22/h6-15H,1-5H3,(H,24,25). The zero-order valence-electron chi connectivity index (χ0n) is 16.9. The Balaban J connectivity index is 1.89. The molecule has 4 nitrogen and oxygen atoms in total. The van der Waals surface area contributed by atoms with Crippen molar-refractivity contribution >= 4 is 15.8 Å². The van der Waals surface area contributed by atoms with Gasteiger partial charge < -0.3 is 0 Å². The van der Waals surface area contributed by atoms with Crippen molar-refractivity contribution in [3.63, 3.8) is 0 Å². The molecule has 146 valence electrons. The first-order valence-electron chi connectivity index (χ1n) is 9.24. The first-order chi connectivity index (χ1) is 13.1. The number of anilines is 1. The average molecular weight is 395 g/mol. The highest BCUT2D eigenvalue weighted by molar-refractivity contribution is 7.92. The van der Waals surface area contributed by atoms with Gasteiger partial charge in [0.2, 0.25) is 0 Å². The van der Waals surface area contributed by atoms with Crippen molar-refractivity contribution in [3.05, 3.63) is 77.5 Å². The predicted molar refractivity (Wildman–Crippen MR) is 115 cm³/mol. The molecule has 0 spiro atoms. The molecular weight excluding hydrogens is 368 g/mol. The van der Waals surface area contributed by atoms with E-state index in [2.05, 4.69) is 54.7 Å². The summed E-state index contributed by atoms with van der Waals surface area (Å²) in [6.07, 6.45) is 0. The summed E-state index contributed by atoms with van der Waals surface area (Å²) in [5.74, 6) is 0.321. The van der Waals surface area contributed by atoms with Crippen LogP contribution >= 0.6 is 0 Å². The smallest absolute Gasteiger partial charge is 0.263 e. The fraction of sp³-hybridized carbons (Fsp3) is 0.261. The molecule has 0 atom stereocenters. The average Bonchev–Trinajstić information content (AvgIpc) is 2.60. The van der Waals surface area contributed by atoms with Gasteiger partial charge in [-0.3, -0.25) is 4.72 Å². The molecule has 3 aromatic rings. The largest absolute Gasteiger partial charge is 0.263 e. The van der Waals surface area contributed by atoms with E-state index in [1.165, 1.54) is 5.56 Å². The van der Waals surface area contributed by atoms with Gasteiger partial charge in [-0.05, 0) is 59.7 Å². The molecule has 28 heavy (non-hydrogen) atoms. The van der Waals surface area contributed by atoms with Crippen molar-refractivity contribution in [2.45, 2.75) is 44.9 Å². The quantitative estimate of drug-likeness (QED) is 0.639. The SMILES string of the molecule is Cc1cccc(NS(=O)(=O)c2ccc(-c3ccc(C(C)(C)C)cc3)cc2C)n1. The summed E-state index contributed by atoms with van der Waals surface area (Å²) >= 11 is 0. The summed E-state index contributed by atoms with van der Waals surface area (Å²) in [4.78, 5) is 4.47. The van der Waals surface area contributed by atoms with Gasteiger partial charge in [0.15, 0.2) is 0 Å². The van der Waals surface area contributed by atoms with Gasteiger partial charge in [0.05, 0.1) is 4.90 Å². The molecule has 0 aliphatic heterocycles. The molecule has 3 rings (SSSR count). The molecule has 1 aromatic heterocycles. The Morgan fingerprint density at radius 3 is 2.07 bits per heavy atom. The Labute approximate surface area is 167 Å². The Morgan fingerprint density at radius 2 is 1.50 bits per heavy atom. The Hall–Kier alpha value is -2.66. The molecule has 1 heterocycles. The maximum Gasteiger partial charge on any atom is 0.263 e. The van der Waals surface area contributed by atoms with E-state index in [0.717, 1.165) is 16.8 Å². The second-order valence-electron chi connectivity index (χ2n) is 8.08. The third kappa shape index (κ3) is 4.42. The van der Waals surface area contributed by atoms with Crippen LogP contribution in [0, 0.1) is 13.8 Å². The van der Waals surface area contributed by atoms with Crippen molar-refractivity contribution < 1.29 is 8.42 Å². The summed E-state index contributed by atoms with van der Waals surface area (Å²) in [5.41, 5.74) is 4.87. The van der Waals surface area contributed by atoms with E-state index in [4.69, 9.17) is 0 Å². The van der Waals surface area contributed by atoms with Crippen LogP contribution < -0.4 is 4.72 Å². The molecule has 0 saturated carbocycles. The normalized spacial score (nSPS) is 12.0. The maximum absolute atomic E-state index is 12.8. The van der Waals surface area contributed by atoms with Gasteiger partial charge in [-0.25, -0.2) is 13.4 Å². The van der Waals surface area contributed by atoms with Gasteiger partial charge >= 0.3 is 0 Å². The van der Waals surface area contributed by atoms with Crippen molar-refractivity contribution in [3.8, 4) is 11.1 Å². The lowest BCUT2D eigenvalue weighted by molar-refractivity contribution is 0.590. The second-order valence-corrected chi connectivity index (χ2v) is 9.73. The van der Waals surface area contributed by atoms with Crippen LogP contribution in [0.5, 0.6) is 0 Å². The van der Waals surface area contributed by atoms with E-state index in [0.29, 0.717) is 11.4 Å². The number of sulfonamides is 1. The highest BCUT2D eigenvalue weighted by atomic mass is 32.2. The number of hydrogen-bond acceptors (Lipinski definition) is 3. The zero-order chi connectivity index (χ0) is 20.5. The Bertz CT molecular complexity index is 1100. The van der Waals surface area contributed by atoms with Crippen LogP contribution in [0.2, 0.25) is 0 Å². The van der Waals surface area contributed by atoms with Crippen LogP contribution in [0.25, 0.3) is 11.1 Å². The fourth-order valence-corrected chi connectivity index (χ4v) is 4.31. The highest BCUT2D eigenvalue weighted by Crippen LogP contribution is 2.28. The first-order valence-corrected chi connectivity index (χ1v) is 10.7. The summed E-state index contributed by atoms with van der Waals surface area (Å²) in [6.45, 7) is 10.2. The molecule has 1 N–H and O–H groups in total. The number of benzene rings is 2. The predicted octanol–water partition coefficient (Wildman–Crippen LogP) is 5.46. The minimum Gasteiger partial charge on any atom is -0.263 e. The molecule has 0 aliphatic rings. The number of hydrogen-bond donors (Lipinski definition) is 1. The Morgan fingerprint density at radius 1 is 0.857 bits per heavy atom. The van der Waals surface area contributed by atoms with E-state index < -0.39 is 10.0 Å². The number of nitrogens with zero attached hydrogens (tertiary/aromatic N) is 1. The maximum atomic E-state index is 12.8. The van der Waals surface area contributed by atoms with E-state index in [1.807, 2.05) is 32.0 Å². The lowest BCUT2D eigenvalue weighted by Crippen LogP contribution is -2.15. The van der Waals surface area contributed by atoms with Gasteiger partial charge in [-0.1, -0.05) is 63.2 Å². The Kier molecular flexibility index (Phi) is 5.31. The van der Waals surface area contributed by atoms with Gasteiger partial charge in [-0.15, -0.1) is 0 Å².